The van der Waals surface area contributed by atoms with Crippen molar-refractivity contribution in [3.8, 4) is 11.8 Å². The molecule has 1 aromatic carbocycles. The number of rotatable bonds is 1. The highest BCUT2D eigenvalue weighted by atomic mass is 16.5. The lowest BCUT2D eigenvalue weighted by atomic mass is 9.94. The molecule has 3 unspecified atom stereocenters. The van der Waals surface area contributed by atoms with Gasteiger partial charge >= 0.3 is 0 Å². The fourth-order valence-corrected chi connectivity index (χ4v) is 3.19. The predicted octanol–water partition coefficient (Wildman–Crippen LogP) is 3.46. The molecule has 0 radical (unpaired) electrons. The number of nitrogens with zero attached hydrogens (tertiary/aromatic N) is 1. The van der Waals surface area contributed by atoms with Crippen LogP contribution < -0.4 is 10.1 Å². The van der Waals surface area contributed by atoms with Gasteiger partial charge in [0.15, 0.2) is 6.10 Å². The van der Waals surface area contributed by atoms with E-state index in [4.69, 9.17) is 10.00 Å². The summed E-state index contributed by atoms with van der Waals surface area (Å²) < 4.78 is 5.69. The monoisotopic (exact) mass is 282 g/mol. The molecule has 0 spiro atoms. The van der Waals surface area contributed by atoms with Crippen molar-refractivity contribution in [1.29, 1.82) is 5.26 Å². The largest absolute Gasteiger partial charge is 0.479 e. The molecule has 1 aliphatic heterocycles. The number of ether oxygens (including phenoxy) is 1. The van der Waals surface area contributed by atoms with Crippen molar-refractivity contribution in [1.82, 2.24) is 0 Å². The van der Waals surface area contributed by atoms with Crippen LogP contribution in [0, 0.1) is 17.2 Å². The lowest BCUT2D eigenvalue weighted by Gasteiger charge is -2.25. The maximum absolute atomic E-state index is 11.9. The Morgan fingerprint density at radius 3 is 2.81 bits per heavy atom. The number of nitriles is 1. The average molecular weight is 282 g/mol. The molecule has 1 heterocycles. The van der Waals surface area contributed by atoms with Crippen LogP contribution in [0.3, 0.4) is 0 Å². The smallest absolute Gasteiger partial charge is 0.265 e. The van der Waals surface area contributed by atoms with Crippen LogP contribution in [0.4, 0.5) is 5.69 Å². The number of carbonyl (C=O) groups is 1. The van der Waals surface area contributed by atoms with Gasteiger partial charge in [0, 0.05) is 5.56 Å². The second-order valence-corrected chi connectivity index (χ2v) is 5.75. The van der Waals surface area contributed by atoms with E-state index in [-0.39, 0.29) is 5.91 Å². The molecule has 0 fully saturated rings. The maximum atomic E-state index is 11.9. The van der Waals surface area contributed by atoms with Gasteiger partial charge in [-0.05, 0) is 36.0 Å². The molecule has 4 nitrogen and oxygen atoms in total. The third-order valence-corrected chi connectivity index (χ3v) is 4.55. The first-order valence-corrected chi connectivity index (χ1v) is 7.26. The molecule has 0 aromatic heterocycles. The zero-order chi connectivity index (χ0) is 15.1. The lowest BCUT2D eigenvalue weighted by Crippen LogP contribution is -2.34. The van der Waals surface area contributed by atoms with E-state index in [1.807, 2.05) is 12.1 Å². The Labute approximate surface area is 124 Å². The summed E-state index contributed by atoms with van der Waals surface area (Å²) in [6.07, 6.45) is 1.87. The van der Waals surface area contributed by atoms with Gasteiger partial charge in [-0.15, -0.1) is 0 Å². The maximum Gasteiger partial charge on any atom is 0.265 e. The molecule has 1 aliphatic carbocycles. The van der Waals surface area contributed by atoms with Gasteiger partial charge in [-0.3, -0.25) is 4.79 Å². The van der Waals surface area contributed by atoms with Crippen LogP contribution in [0.25, 0.3) is 5.57 Å². The molecule has 1 amide bonds. The van der Waals surface area contributed by atoms with Gasteiger partial charge in [-0.25, -0.2) is 0 Å². The number of hydrogen-bond donors (Lipinski definition) is 1. The van der Waals surface area contributed by atoms with Crippen LogP contribution in [0.5, 0.6) is 5.75 Å². The number of benzene rings is 1. The minimum atomic E-state index is -0.474. The molecule has 3 atom stereocenters. The molecule has 108 valence electrons. The standard InChI is InChI=1S/C17H18N2O2/c1-9-10(2)13-6-7-14-16(19-17(20)11(3)21-14)15(13)12(9)5-4-8-18/h5-7,9-11H,4H2,1-3H3,(H,19,20)/b12-5+. The zero-order valence-corrected chi connectivity index (χ0v) is 12.4. The molecular formula is C17H18N2O2. The minimum Gasteiger partial charge on any atom is -0.479 e. The summed E-state index contributed by atoms with van der Waals surface area (Å²) in [4.78, 5) is 11.9. The topological polar surface area (TPSA) is 62.1 Å². The molecule has 2 aliphatic rings. The number of allylic oxidation sites excluding steroid dienone is 2. The van der Waals surface area contributed by atoms with E-state index in [9.17, 15) is 4.79 Å². The number of hydrogen-bond acceptors (Lipinski definition) is 3. The summed E-state index contributed by atoms with van der Waals surface area (Å²) in [5, 5.41) is 11.8. The second-order valence-electron chi connectivity index (χ2n) is 5.75. The molecule has 0 bridgehead atoms. The molecule has 4 heteroatoms. The van der Waals surface area contributed by atoms with Crippen LogP contribution in [0.15, 0.2) is 18.2 Å². The van der Waals surface area contributed by atoms with E-state index in [2.05, 4.69) is 31.3 Å². The molecule has 1 N–H and O–H groups in total. The first kappa shape index (κ1) is 13.7. The number of anilines is 1. The Morgan fingerprint density at radius 2 is 2.10 bits per heavy atom. The van der Waals surface area contributed by atoms with E-state index >= 15 is 0 Å². The molecule has 0 saturated carbocycles. The predicted molar refractivity (Wildman–Crippen MR) is 80.9 cm³/mol. The second kappa shape index (κ2) is 4.92. The molecular weight excluding hydrogens is 264 g/mol. The lowest BCUT2D eigenvalue weighted by molar-refractivity contribution is -0.122. The average Bonchev–Trinajstić information content (AvgIpc) is 2.71. The van der Waals surface area contributed by atoms with Crippen molar-refractivity contribution in [3.63, 3.8) is 0 Å². The van der Waals surface area contributed by atoms with Gasteiger partial charge in [-0.1, -0.05) is 26.0 Å². The first-order chi connectivity index (χ1) is 10.0. The Kier molecular flexibility index (Phi) is 3.21. The van der Waals surface area contributed by atoms with E-state index in [1.54, 1.807) is 6.92 Å². The first-order valence-electron chi connectivity index (χ1n) is 7.26. The highest BCUT2D eigenvalue weighted by molar-refractivity contribution is 6.02. The van der Waals surface area contributed by atoms with Crippen molar-refractivity contribution >= 4 is 17.2 Å². The van der Waals surface area contributed by atoms with Crippen molar-refractivity contribution in [3.05, 3.63) is 29.3 Å². The Balaban J connectivity index is 2.18. The Hall–Kier alpha value is -2.28. The van der Waals surface area contributed by atoms with Gasteiger partial charge in [0.1, 0.15) is 5.75 Å². The Morgan fingerprint density at radius 1 is 1.33 bits per heavy atom. The number of amides is 1. The van der Waals surface area contributed by atoms with E-state index in [1.165, 1.54) is 5.56 Å². The molecule has 21 heavy (non-hydrogen) atoms. The van der Waals surface area contributed by atoms with Crippen LogP contribution in [0.1, 0.15) is 44.2 Å². The van der Waals surface area contributed by atoms with Crippen LogP contribution in [-0.4, -0.2) is 12.0 Å². The van der Waals surface area contributed by atoms with Crippen LogP contribution in [-0.2, 0) is 4.79 Å². The summed E-state index contributed by atoms with van der Waals surface area (Å²) in [5.41, 5.74) is 4.15. The van der Waals surface area contributed by atoms with E-state index in [0.717, 1.165) is 16.8 Å². The minimum absolute atomic E-state index is 0.122. The van der Waals surface area contributed by atoms with E-state index in [0.29, 0.717) is 24.0 Å². The van der Waals surface area contributed by atoms with Gasteiger partial charge < -0.3 is 10.1 Å². The summed E-state index contributed by atoms with van der Waals surface area (Å²) >= 11 is 0. The van der Waals surface area contributed by atoms with Gasteiger partial charge in [0.2, 0.25) is 0 Å². The van der Waals surface area contributed by atoms with Crippen LogP contribution >= 0.6 is 0 Å². The van der Waals surface area contributed by atoms with Crippen LogP contribution in [0.2, 0.25) is 0 Å². The highest BCUT2D eigenvalue weighted by Crippen LogP contribution is 2.52. The van der Waals surface area contributed by atoms with Crippen molar-refractivity contribution in [2.45, 2.75) is 39.2 Å². The van der Waals surface area contributed by atoms with Gasteiger partial charge in [0.05, 0.1) is 18.2 Å². The SMILES string of the molecule is CC1Oc2ccc3c(c2NC1=O)/C(=C/CC#N)C(C)C3C. The Bertz CT molecular complexity index is 685. The molecule has 0 saturated heterocycles. The van der Waals surface area contributed by atoms with Crippen molar-refractivity contribution in [2.24, 2.45) is 5.92 Å². The van der Waals surface area contributed by atoms with Crippen molar-refractivity contribution in [2.75, 3.05) is 5.32 Å². The van der Waals surface area contributed by atoms with Crippen molar-refractivity contribution < 1.29 is 9.53 Å². The number of nitrogens with one attached hydrogen (secondary N) is 1. The fraction of sp³-hybridized carbons (Fsp3) is 0.412. The van der Waals surface area contributed by atoms with Gasteiger partial charge in [0.25, 0.3) is 5.91 Å². The zero-order valence-electron chi connectivity index (χ0n) is 12.4. The van der Waals surface area contributed by atoms with Gasteiger partial charge in [-0.2, -0.15) is 5.26 Å². The third kappa shape index (κ3) is 2.01. The molecule has 3 rings (SSSR count). The number of fused-ring (bicyclic) bond motifs is 3. The summed E-state index contributed by atoms with van der Waals surface area (Å²) in [6, 6.07) is 6.17. The summed E-state index contributed by atoms with van der Waals surface area (Å²) in [5.74, 6) is 1.29. The quantitative estimate of drug-likeness (QED) is 0.858. The summed E-state index contributed by atoms with van der Waals surface area (Å²) in [7, 11) is 0. The summed E-state index contributed by atoms with van der Waals surface area (Å²) in [6.45, 7) is 6.08. The van der Waals surface area contributed by atoms with E-state index < -0.39 is 6.10 Å². The molecule has 1 aromatic rings. The third-order valence-electron chi connectivity index (χ3n) is 4.55. The number of carbonyl (C=O) groups excluding carboxylic acids is 1. The normalized spacial score (nSPS) is 28.4. The fourth-order valence-electron chi connectivity index (χ4n) is 3.19. The highest BCUT2D eigenvalue weighted by Gasteiger charge is 2.36.